The first-order chi connectivity index (χ1) is 10.5. The van der Waals surface area contributed by atoms with Gasteiger partial charge in [-0.3, -0.25) is 14.9 Å². The standard InChI is InChI=1S/C16H16N2O4/c1-3-22-15-9-4-12(10-11(15)2)16(19)17-13-5-7-14(8-6-13)18(20)21/h4-10H,3H2,1-2H3,(H,17,19). The molecule has 1 N–H and O–H groups in total. The summed E-state index contributed by atoms with van der Waals surface area (Å²) in [5, 5.41) is 13.3. The predicted molar refractivity (Wildman–Crippen MR) is 83.4 cm³/mol. The molecule has 0 aliphatic heterocycles. The van der Waals surface area contributed by atoms with Gasteiger partial charge in [-0.15, -0.1) is 0 Å². The number of hydrogen-bond donors (Lipinski definition) is 1. The molecule has 114 valence electrons. The van der Waals surface area contributed by atoms with Gasteiger partial charge >= 0.3 is 0 Å². The molecule has 0 heterocycles. The highest BCUT2D eigenvalue weighted by Gasteiger charge is 2.10. The van der Waals surface area contributed by atoms with E-state index in [1.54, 1.807) is 18.2 Å². The Bertz CT molecular complexity index is 696. The quantitative estimate of drug-likeness (QED) is 0.676. The summed E-state index contributed by atoms with van der Waals surface area (Å²) < 4.78 is 5.43. The van der Waals surface area contributed by atoms with Crippen molar-refractivity contribution in [1.29, 1.82) is 0 Å². The third kappa shape index (κ3) is 3.60. The lowest BCUT2D eigenvalue weighted by molar-refractivity contribution is -0.384. The van der Waals surface area contributed by atoms with Crippen LogP contribution in [-0.4, -0.2) is 17.4 Å². The Morgan fingerprint density at radius 1 is 1.23 bits per heavy atom. The SMILES string of the molecule is CCOc1ccc(C(=O)Nc2ccc([N+](=O)[O-])cc2)cc1C. The van der Waals surface area contributed by atoms with Crippen LogP contribution in [0.2, 0.25) is 0 Å². The molecule has 6 nitrogen and oxygen atoms in total. The fourth-order valence-electron chi connectivity index (χ4n) is 1.98. The number of rotatable bonds is 5. The number of aryl methyl sites for hydroxylation is 1. The molecule has 0 spiro atoms. The summed E-state index contributed by atoms with van der Waals surface area (Å²) in [6, 6.07) is 10.9. The van der Waals surface area contributed by atoms with E-state index in [2.05, 4.69) is 5.32 Å². The fourth-order valence-corrected chi connectivity index (χ4v) is 1.98. The molecule has 0 saturated carbocycles. The first-order valence-corrected chi connectivity index (χ1v) is 6.80. The smallest absolute Gasteiger partial charge is 0.269 e. The molecule has 0 radical (unpaired) electrons. The van der Waals surface area contributed by atoms with Crippen molar-refractivity contribution in [3.63, 3.8) is 0 Å². The van der Waals surface area contributed by atoms with Gasteiger partial charge in [0.25, 0.3) is 11.6 Å². The number of carbonyl (C=O) groups excluding carboxylic acids is 1. The van der Waals surface area contributed by atoms with Crippen molar-refractivity contribution < 1.29 is 14.5 Å². The van der Waals surface area contributed by atoms with Crippen LogP contribution in [0.1, 0.15) is 22.8 Å². The Kier molecular flexibility index (Phi) is 4.73. The van der Waals surface area contributed by atoms with Crippen LogP contribution in [0.3, 0.4) is 0 Å². The number of anilines is 1. The minimum Gasteiger partial charge on any atom is -0.494 e. The van der Waals surface area contributed by atoms with Crippen molar-refractivity contribution in [3.05, 3.63) is 63.7 Å². The molecule has 6 heteroatoms. The van der Waals surface area contributed by atoms with Crippen LogP contribution in [0.4, 0.5) is 11.4 Å². The van der Waals surface area contributed by atoms with Crippen LogP contribution in [0.25, 0.3) is 0 Å². The van der Waals surface area contributed by atoms with E-state index in [0.717, 1.165) is 11.3 Å². The van der Waals surface area contributed by atoms with E-state index in [1.165, 1.54) is 24.3 Å². The van der Waals surface area contributed by atoms with Crippen molar-refractivity contribution in [2.45, 2.75) is 13.8 Å². The summed E-state index contributed by atoms with van der Waals surface area (Å²) in [6.45, 7) is 4.33. The third-order valence-electron chi connectivity index (χ3n) is 3.07. The lowest BCUT2D eigenvalue weighted by Crippen LogP contribution is -2.12. The zero-order valence-electron chi connectivity index (χ0n) is 12.3. The fraction of sp³-hybridized carbons (Fsp3) is 0.188. The minimum atomic E-state index is -0.485. The molecule has 0 aromatic heterocycles. The van der Waals surface area contributed by atoms with Crippen molar-refractivity contribution in [1.82, 2.24) is 0 Å². The molecule has 22 heavy (non-hydrogen) atoms. The zero-order valence-corrected chi connectivity index (χ0v) is 12.3. The van der Waals surface area contributed by atoms with E-state index in [9.17, 15) is 14.9 Å². The van der Waals surface area contributed by atoms with Crippen molar-refractivity contribution in [3.8, 4) is 5.75 Å². The average Bonchev–Trinajstić information content (AvgIpc) is 2.50. The molecule has 0 bridgehead atoms. The van der Waals surface area contributed by atoms with E-state index in [-0.39, 0.29) is 11.6 Å². The number of nitrogens with zero attached hydrogens (tertiary/aromatic N) is 1. The number of non-ortho nitro benzene ring substituents is 1. The lowest BCUT2D eigenvalue weighted by atomic mass is 10.1. The number of carbonyl (C=O) groups is 1. The number of nitrogens with one attached hydrogen (secondary N) is 1. The van der Waals surface area contributed by atoms with Crippen LogP contribution < -0.4 is 10.1 Å². The lowest BCUT2D eigenvalue weighted by Gasteiger charge is -2.09. The molecule has 0 fully saturated rings. The number of nitro benzene ring substituents is 1. The van der Waals surface area contributed by atoms with Crippen LogP contribution in [-0.2, 0) is 0 Å². The van der Waals surface area contributed by atoms with Crippen molar-refractivity contribution in [2.75, 3.05) is 11.9 Å². The second-order valence-electron chi connectivity index (χ2n) is 4.67. The summed E-state index contributed by atoms with van der Waals surface area (Å²) in [4.78, 5) is 22.3. The Morgan fingerprint density at radius 3 is 2.45 bits per heavy atom. The van der Waals surface area contributed by atoms with Gasteiger partial charge in [0.2, 0.25) is 0 Å². The van der Waals surface area contributed by atoms with Crippen LogP contribution in [0, 0.1) is 17.0 Å². The second kappa shape index (κ2) is 6.71. The molecule has 0 aliphatic carbocycles. The van der Waals surface area contributed by atoms with E-state index in [1.807, 2.05) is 13.8 Å². The number of nitro groups is 1. The zero-order chi connectivity index (χ0) is 16.1. The summed E-state index contributed by atoms with van der Waals surface area (Å²) in [5.41, 5.74) is 1.86. The van der Waals surface area contributed by atoms with Crippen LogP contribution in [0.5, 0.6) is 5.75 Å². The average molecular weight is 300 g/mol. The van der Waals surface area contributed by atoms with Crippen LogP contribution in [0.15, 0.2) is 42.5 Å². The molecule has 2 aromatic rings. The van der Waals surface area contributed by atoms with E-state index >= 15 is 0 Å². The van der Waals surface area contributed by atoms with Gasteiger partial charge in [-0.25, -0.2) is 0 Å². The molecule has 2 rings (SSSR count). The maximum absolute atomic E-state index is 12.2. The maximum atomic E-state index is 12.2. The molecule has 1 amide bonds. The van der Waals surface area contributed by atoms with Crippen LogP contribution >= 0.6 is 0 Å². The summed E-state index contributed by atoms with van der Waals surface area (Å²) in [7, 11) is 0. The Hall–Kier alpha value is -2.89. The Morgan fingerprint density at radius 2 is 1.91 bits per heavy atom. The van der Waals surface area contributed by atoms with Gasteiger partial charge in [0.05, 0.1) is 11.5 Å². The maximum Gasteiger partial charge on any atom is 0.269 e. The van der Waals surface area contributed by atoms with Gasteiger partial charge < -0.3 is 10.1 Å². The van der Waals surface area contributed by atoms with E-state index in [4.69, 9.17) is 4.74 Å². The van der Waals surface area contributed by atoms with Gasteiger partial charge in [-0.2, -0.15) is 0 Å². The normalized spacial score (nSPS) is 10.1. The number of amides is 1. The summed E-state index contributed by atoms with van der Waals surface area (Å²) in [6.07, 6.45) is 0. The molecular weight excluding hydrogens is 284 g/mol. The highest BCUT2D eigenvalue weighted by Crippen LogP contribution is 2.20. The van der Waals surface area contributed by atoms with Gasteiger partial charge in [0.15, 0.2) is 0 Å². The summed E-state index contributed by atoms with van der Waals surface area (Å²) >= 11 is 0. The van der Waals surface area contributed by atoms with E-state index < -0.39 is 4.92 Å². The monoisotopic (exact) mass is 300 g/mol. The van der Waals surface area contributed by atoms with Crippen molar-refractivity contribution in [2.24, 2.45) is 0 Å². The topological polar surface area (TPSA) is 81.5 Å². The van der Waals surface area contributed by atoms with Gasteiger partial charge in [-0.1, -0.05) is 0 Å². The Labute approximate surface area is 127 Å². The largest absolute Gasteiger partial charge is 0.494 e. The third-order valence-corrected chi connectivity index (χ3v) is 3.07. The molecule has 0 unspecified atom stereocenters. The first-order valence-electron chi connectivity index (χ1n) is 6.80. The van der Waals surface area contributed by atoms with Gasteiger partial charge in [0, 0.05) is 23.4 Å². The van der Waals surface area contributed by atoms with E-state index in [0.29, 0.717) is 17.9 Å². The Balaban J connectivity index is 2.11. The first kappa shape index (κ1) is 15.5. The predicted octanol–water partition coefficient (Wildman–Crippen LogP) is 3.55. The molecule has 0 saturated heterocycles. The number of ether oxygens (including phenoxy) is 1. The molecule has 0 aliphatic rings. The minimum absolute atomic E-state index is 0.0186. The molecule has 0 atom stereocenters. The molecule has 2 aromatic carbocycles. The highest BCUT2D eigenvalue weighted by molar-refractivity contribution is 6.04. The second-order valence-corrected chi connectivity index (χ2v) is 4.67. The molecular formula is C16H16N2O4. The summed E-state index contributed by atoms with van der Waals surface area (Å²) in [5.74, 6) is 0.467. The van der Waals surface area contributed by atoms with Crippen molar-refractivity contribution >= 4 is 17.3 Å². The number of benzene rings is 2. The highest BCUT2D eigenvalue weighted by atomic mass is 16.6. The van der Waals surface area contributed by atoms with Gasteiger partial charge in [-0.05, 0) is 49.7 Å². The van der Waals surface area contributed by atoms with Gasteiger partial charge in [0.1, 0.15) is 5.75 Å². The number of hydrogen-bond acceptors (Lipinski definition) is 4.